The Bertz CT molecular complexity index is 1270. The van der Waals surface area contributed by atoms with Crippen LogP contribution < -0.4 is 21.8 Å². The van der Waals surface area contributed by atoms with Gasteiger partial charge in [-0.15, -0.1) is 0 Å². The summed E-state index contributed by atoms with van der Waals surface area (Å²) in [5, 5.41) is 11.7. The lowest BCUT2D eigenvalue weighted by Crippen LogP contribution is -2.45. The van der Waals surface area contributed by atoms with E-state index in [-0.39, 0.29) is 32.8 Å². The molecule has 2 aromatic heterocycles. The second-order valence-electron chi connectivity index (χ2n) is 6.04. The predicted molar refractivity (Wildman–Crippen MR) is 102 cm³/mol. The van der Waals surface area contributed by atoms with Gasteiger partial charge in [-0.1, -0.05) is 17.7 Å². The van der Waals surface area contributed by atoms with E-state index in [9.17, 15) is 32.9 Å². The third-order valence-electron chi connectivity index (χ3n) is 4.01. The zero-order chi connectivity index (χ0) is 22.9. The Morgan fingerprint density at radius 3 is 2.48 bits per heavy atom. The Morgan fingerprint density at radius 1 is 1.19 bits per heavy atom. The van der Waals surface area contributed by atoms with Crippen LogP contribution in [0, 0.1) is 10.1 Å². The molecule has 0 unspecified atom stereocenters. The van der Waals surface area contributed by atoms with Crippen molar-refractivity contribution in [2.45, 2.75) is 12.8 Å². The first-order chi connectivity index (χ1) is 14.5. The highest BCUT2D eigenvalue weighted by atomic mass is 35.5. The molecule has 0 fully saturated rings. The minimum Gasteiger partial charge on any atom is -0.489 e. The summed E-state index contributed by atoms with van der Waals surface area (Å²) in [5.74, 6) is 5.17. The number of hydrogen-bond donors (Lipinski definition) is 1. The maximum absolute atomic E-state index is 12.9. The van der Waals surface area contributed by atoms with E-state index in [0.29, 0.717) is 5.56 Å². The summed E-state index contributed by atoms with van der Waals surface area (Å²) in [4.78, 5) is 38.9. The topological polar surface area (TPSA) is 135 Å². The largest absolute Gasteiger partial charge is 0.489 e. The Kier molecular flexibility index (Phi) is 5.71. The van der Waals surface area contributed by atoms with Gasteiger partial charge in [-0.05, 0) is 18.2 Å². The number of alkyl halides is 3. The molecule has 0 saturated carbocycles. The number of hydrogen-bond acceptors (Lipinski definition) is 7. The number of ether oxygens (including phenoxy) is 1. The maximum Gasteiger partial charge on any atom is 0.433 e. The van der Waals surface area contributed by atoms with E-state index < -0.39 is 39.4 Å². The van der Waals surface area contributed by atoms with Gasteiger partial charge < -0.3 is 10.6 Å². The molecule has 10 nitrogen and oxygen atoms in total. The van der Waals surface area contributed by atoms with Gasteiger partial charge in [0.15, 0.2) is 5.69 Å². The molecule has 31 heavy (non-hydrogen) atoms. The highest BCUT2D eigenvalue weighted by Gasteiger charge is 2.36. The number of nitrogen functional groups attached to an aromatic ring is 1. The smallest absolute Gasteiger partial charge is 0.433 e. The number of aromatic nitrogens is 3. The average molecular weight is 458 g/mol. The monoisotopic (exact) mass is 457 g/mol. The molecule has 3 rings (SSSR count). The molecule has 3 aromatic rings. The number of nitro benzene ring substituents is 1. The SMILES string of the molecule is Nn1c(C(F)(F)F)cc(=O)n(-c2ccc(OCc3ccc(Cl)nc3)cc2[N+](=O)[O-])c1=O. The fourth-order valence-electron chi connectivity index (χ4n) is 2.58. The molecular formula is C17H11ClF3N5O5. The summed E-state index contributed by atoms with van der Waals surface area (Å²) < 4.78 is 44.1. The third kappa shape index (κ3) is 4.50. The number of nitro groups is 1. The molecule has 2 N–H and O–H groups in total. The van der Waals surface area contributed by atoms with Crippen LogP contribution in [0.1, 0.15) is 11.3 Å². The zero-order valence-corrected chi connectivity index (χ0v) is 15.9. The Hall–Kier alpha value is -3.87. The van der Waals surface area contributed by atoms with Crippen LogP contribution in [-0.4, -0.2) is 19.2 Å². The van der Waals surface area contributed by atoms with E-state index in [1.165, 1.54) is 18.3 Å². The summed E-state index contributed by atoms with van der Waals surface area (Å²) >= 11 is 5.68. The summed E-state index contributed by atoms with van der Waals surface area (Å²) in [5.41, 5.74) is -5.48. The van der Waals surface area contributed by atoms with Crippen molar-refractivity contribution in [1.29, 1.82) is 0 Å². The lowest BCUT2D eigenvalue weighted by Gasteiger charge is -2.14. The molecule has 0 spiro atoms. The van der Waals surface area contributed by atoms with Crippen molar-refractivity contribution in [2.24, 2.45) is 0 Å². The molecular weight excluding hydrogens is 447 g/mol. The predicted octanol–water partition coefficient (Wildman–Crippen LogP) is 2.27. The van der Waals surface area contributed by atoms with Crippen molar-refractivity contribution >= 4 is 17.3 Å². The fourth-order valence-corrected chi connectivity index (χ4v) is 2.69. The molecule has 0 aliphatic heterocycles. The molecule has 0 aliphatic rings. The van der Waals surface area contributed by atoms with E-state index in [4.69, 9.17) is 22.2 Å². The van der Waals surface area contributed by atoms with Gasteiger partial charge >= 0.3 is 11.9 Å². The van der Waals surface area contributed by atoms with E-state index in [1.807, 2.05) is 0 Å². The minimum atomic E-state index is -5.08. The second kappa shape index (κ2) is 8.10. The Morgan fingerprint density at radius 2 is 1.90 bits per heavy atom. The van der Waals surface area contributed by atoms with Crippen LogP contribution in [0.5, 0.6) is 5.75 Å². The average Bonchev–Trinajstić information content (AvgIpc) is 2.70. The molecule has 2 heterocycles. The second-order valence-corrected chi connectivity index (χ2v) is 6.43. The van der Waals surface area contributed by atoms with Gasteiger partial charge in [0.2, 0.25) is 0 Å². The van der Waals surface area contributed by atoms with Crippen molar-refractivity contribution in [3.63, 3.8) is 0 Å². The van der Waals surface area contributed by atoms with Gasteiger partial charge in [0, 0.05) is 17.8 Å². The molecule has 0 atom stereocenters. The number of nitrogens with two attached hydrogens (primary N) is 1. The van der Waals surface area contributed by atoms with Crippen LogP contribution in [0.25, 0.3) is 5.69 Å². The van der Waals surface area contributed by atoms with Gasteiger partial charge in [-0.3, -0.25) is 14.9 Å². The van der Waals surface area contributed by atoms with Crippen molar-refractivity contribution in [2.75, 3.05) is 5.84 Å². The summed E-state index contributed by atoms with van der Waals surface area (Å²) in [6, 6.07) is 6.32. The van der Waals surface area contributed by atoms with Crippen LogP contribution in [0.15, 0.2) is 52.2 Å². The van der Waals surface area contributed by atoms with Crippen molar-refractivity contribution < 1.29 is 22.8 Å². The lowest BCUT2D eigenvalue weighted by molar-refractivity contribution is -0.384. The summed E-state index contributed by atoms with van der Waals surface area (Å²) in [7, 11) is 0. The molecule has 162 valence electrons. The van der Waals surface area contributed by atoms with Gasteiger partial charge in [0.25, 0.3) is 11.2 Å². The summed E-state index contributed by atoms with van der Waals surface area (Å²) in [6.07, 6.45) is -3.65. The van der Waals surface area contributed by atoms with Crippen LogP contribution >= 0.6 is 11.6 Å². The van der Waals surface area contributed by atoms with E-state index in [1.54, 1.807) is 6.07 Å². The first-order valence-corrected chi connectivity index (χ1v) is 8.60. The molecule has 1 aromatic carbocycles. The zero-order valence-electron chi connectivity index (χ0n) is 15.2. The highest BCUT2D eigenvalue weighted by molar-refractivity contribution is 6.29. The summed E-state index contributed by atoms with van der Waals surface area (Å²) in [6.45, 7) is -0.0312. The lowest BCUT2D eigenvalue weighted by atomic mass is 10.2. The molecule has 0 saturated heterocycles. The van der Waals surface area contributed by atoms with Crippen molar-refractivity contribution in [3.05, 3.63) is 90.0 Å². The van der Waals surface area contributed by atoms with Gasteiger partial charge in [0.1, 0.15) is 23.2 Å². The first-order valence-electron chi connectivity index (χ1n) is 8.22. The minimum absolute atomic E-state index is 0.00145. The first kappa shape index (κ1) is 21.8. The Balaban J connectivity index is 2.04. The quantitative estimate of drug-likeness (QED) is 0.268. The number of rotatable bonds is 5. The maximum atomic E-state index is 12.9. The van der Waals surface area contributed by atoms with E-state index >= 15 is 0 Å². The molecule has 0 amide bonds. The molecule has 14 heteroatoms. The number of nitrogens with zero attached hydrogens (tertiary/aromatic N) is 4. The molecule has 0 radical (unpaired) electrons. The number of pyridine rings is 1. The van der Waals surface area contributed by atoms with Crippen LogP contribution in [0.4, 0.5) is 18.9 Å². The van der Waals surface area contributed by atoms with Crippen molar-refractivity contribution in [3.8, 4) is 11.4 Å². The van der Waals surface area contributed by atoms with Crippen LogP contribution in [0.3, 0.4) is 0 Å². The fraction of sp³-hybridized carbons (Fsp3) is 0.118. The van der Waals surface area contributed by atoms with Crippen LogP contribution in [0.2, 0.25) is 5.15 Å². The van der Waals surface area contributed by atoms with E-state index in [0.717, 1.165) is 12.1 Å². The normalized spacial score (nSPS) is 11.4. The van der Waals surface area contributed by atoms with Gasteiger partial charge in [0.05, 0.1) is 11.0 Å². The molecule has 0 aliphatic carbocycles. The standard InChI is InChI=1S/C17H11ClF3N5O5/c18-14-4-1-9(7-23-14)8-31-10-2-3-11(12(5-10)26(29)30)24-15(27)6-13(17(19,20)21)25(22)16(24)28/h1-7H,8,22H2. The van der Waals surface area contributed by atoms with Crippen LogP contribution in [-0.2, 0) is 12.8 Å². The van der Waals surface area contributed by atoms with Gasteiger partial charge in [-0.2, -0.15) is 13.2 Å². The Labute approximate surface area is 175 Å². The van der Waals surface area contributed by atoms with Crippen molar-refractivity contribution in [1.82, 2.24) is 14.2 Å². The number of benzene rings is 1. The number of halogens is 4. The third-order valence-corrected chi connectivity index (χ3v) is 4.23. The molecule has 0 bridgehead atoms. The highest BCUT2D eigenvalue weighted by Crippen LogP contribution is 2.29. The van der Waals surface area contributed by atoms with E-state index in [2.05, 4.69) is 4.98 Å². The van der Waals surface area contributed by atoms with Gasteiger partial charge in [-0.25, -0.2) is 19.0 Å².